The summed E-state index contributed by atoms with van der Waals surface area (Å²) in [5.74, 6) is 0.643. The maximum atomic E-state index is 12.8. The lowest BCUT2D eigenvalue weighted by Crippen LogP contribution is -2.25. The van der Waals surface area contributed by atoms with Crippen molar-refractivity contribution in [3.8, 4) is 17.2 Å². The number of ether oxygens (including phenoxy) is 4. The maximum Gasteiger partial charge on any atom is 0.307 e. The van der Waals surface area contributed by atoms with E-state index in [4.69, 9.17) is 18.9 Å². The van der Waals surface area contributed by atoms with Gasteiger partial charge in [-0.3, -0.25) is 9.59 Å². The number of carbonyl (C=O) groups is 2. The Labute approximate surface area is 156 Å². The van der Waals surface area contributed by atoms with Crippen molar-refractivity contribution >= 4 is 17.6 Å². The Balaban J connectivity index is 1.53. The van der Waals surface area contributed by atoms with Crippen molar-refractivity contribution in [2.45, 2.75) is 12.5 Å². The van der Waals surface area contributed by atoms with Crippen LogP contribution in [0.2, 0.25) is 0 Å². The number of carbonyl (C=O) groups excluding carboxylic acids is 2. The van der Waals surface area contributed by atoms with E-state index in [9.17, 15) is 9.59 Å². The number of hydrogen-bond donors (Lipinski definition) is 1. The summed E-state index contributed by atoms with van der Waals surface area (Å²) in [7, 11) is 1.58. The smallest absolute Gasteiger partial charge is 0.307 e. The van der Waals surface area contributed by atoms with Crippen molar-refractivity contribution in [2.75, 3.05) is 25.6 Å². The fraction of sp³-hybridized carbons (Fsp3) is 0.300. The molecule has 1 N–H and O–H groups in total. The lowest BCUT2D eigenvalue weighted by Gasteiger charge is -2.22. The molecule has 27 heavy (non-hydrogen) atoms. The number of anilines is 1. The second-order valence-electron chi connectivity index (χ2n) is 6.34. The molecule has 2 aliphatic heterocycles. The average Bonchev–Trinajstić information content (AvgIpc) is 3.10. The number of fused-ring (bicyclic) bond motifs is 1. The molecule has 1 fully saturated rings. The van der Waals surface area contributed by atoms with E-state index in [1.165, 1.54) is 0 Å². The highest BCUT2D eigenvalue weighted by molar-refractivity contribution is 5.96. The third-order valence-corrected chi connectivity index (χ3v) is 4.60. The van der Waals surface area contributed by atoms with Gasteiger partial charge in [-0.15, -0.1) is 0 Å². The Kier molecular flexibility index (Phi) is 4.58. The van der Waals surface area contributed by atoms with Crippen LogP contribution in [-0.2, 0) is 14.3 Å². The zero-order chi connectivity index (χ0) is 18.8. The average molecular weight is 369 g/mol. The van der Waals surface area contributed by atoms with Crippen molar-refractivity contribution in [1.29, 1.82) is 0 Å². The first-order valence-electron chi connectivity index (χ1n) is 8.68. The Bertz CT molecular complexity index is 863. The first-order valence-corrected chi connectivity index (χ1v) is 8.68. The van der Waals surface area contributed by atoms with Gasteiger partial charge < -0.3 is 24.3 Å². The van der Waals surface area contributed by atoms with Crippen LogP contribution in [0.3, 0.4) is 0 Å². The van der Waals surface area contributed by atoms with E-state index in [0.29, 0.717) is 41.7 Å². The standard InChI is InChI=1S/C20H19NO6/c1-24-14-5-3-13(4-6-14)21-20(23)15-11-18(22)27-19(15)12-2-7-16-17(10-12)26-9-8-25-16/h2-7,10,15,19H,8-9,11H2,1H3,(H,21,23). The van der Waals surface area contributed by atoms with E-state index in [1.807, 2.05) is 0 Å². The summed E-state index contributed by atoms with van der Waals surface area (Å²) in [6, 6.07) is 12.3. The Hall–Kier alpha value is -3.22. The fourth-order valence-electron chi connectivity index (χ4n) is 3.24. The number of hydrogen-bond acceptors (Lipinski definition) is 6. The van der Waals surface area contributed by atoms with Crippen LogP contribution in [0.5, 0.6) is 17.2 Å². The van der Waals surface area contributed by atoms with Crippen LogP contribution in [0.1, 0.15) is 18.1 Å². The number of nitrogens with one attached hydrogen (secondary N) is 1. The van der Waals surface area contributed by atoms with Gasteiger partial charge in [-0.05, 0) is 42.0 Å². The van der Waals surface area contributed by atoms with Gasteiger partial charge in [-0.25, -0.2) is 0 Å². The van der Waals surface area contributed by atoms with Crippen molar-refractivity contribution in [3.63, 3.8) is 0 Å². The van der Waals surface area contributed by atoms with Gasteiger partial charge in [0.15, 0.2) is 11.5 Å². The van der Waals surface area contributed by atoms with Crippen LogP contribution in [0.25, 0.3) is 0 Å². The van der Waals surface area contributed by atoms with Gasteiger partial charge in [-0.2, -0.15) is 0 Å². The van der Waals surface area contributed by atoms with E-state index in [1.54, 1.807) is 49.6 Å². The molecule has 7 heteroatoms. The summed E-state index contributed by atoms with van der Waals surface area (Å²) in [6.07, 6.45) is -0.632. The molecule has 1 amide bonds. The quantitative estimate of drug-likeness (QED) is 0.835. The molecule has 140 valence electrons. The summed E-state index contributed by atoms with van der Waals surface area (Å²) in [5, 5.41) is 2.84. The van der Waals surface area contributed by atoms with Crippen LogP contribution in [-0.4, -0.2) is 32.2 Å². The Morgan fingerprint density at radius 1 is 1.07 bits per heavy atom. The molecular formula is C20H19NO6. The zero-order valence-electron chi connectivity index (χ0n) is 14.8. The minimum Gasteiger partial charge on any atom is -0.497 e. The number of cyclic esters (lactones) is 1. The molecule has 2 aromatic carbocycles. The van der Waals surface area contributed by atoms with Crippen molar-refractivity contribution in [3.05, 3.63) is 48.0 Å². The van der Waals surface area contributed by atoms with E-state index in [-0.39, 0.29) is 12.3 Å². The Morgan fingerprint density at radius 3 is 2.56 bits per heavy atom. The molecule has 7 nitrogen and oxygen atoms in total. The summed E-state index contributed by atoms with van der Waals surface area (Å²) >= 11 is 0. The molecule has 2 heterocycles. The molecule has 2 atom stereocenters. The highest BCUT2D eigenvalue weighted by atomic mass is 16.6. The van der Waals surface area contributed by atoms with Crippen molar-refractivity contribution in [1.82, 2.24) is 0 Å². The minimum absolute atomic E-state index is 0.0289. The first kappa shape index (κ1) is 17.2. The van der Waals surface area contributed by atoms with Gasteiger partial charge in [0.05, 0.1) is 19.4 Å². The van der Waals surface area contributed by atoms with Crippen molar-refractivity contribution < 1.29 is 28.5 Å². The van der Waals surface area contributed by atoms with E-state index in [0.717, 1.165) is 0 Å². The van der Waals surface area contributed by atoms with Crippen molar-refractivity contribution in [2.24, 2.45) is 5.92 Å². The summed E-state index contributed by atoms with van der Waals surface area (Å²) in [4.78, 5) is 24.6. The number of amides is 1. The van der Waals surface area contributed by atoms with Gasteiger partial charge >= 0.3 is 5.97 Å². The normalized spacial score (nSPS) is 20.7. The number of methoxy groups -OCH3 is 1. The van der Waals surface area contributed by atoms with Crippen LogP contribution in [0.4, 0.5) is 5.69 Å². The van der Waals surface area contributed by atoms with Gasteiger partial charge in [0.25, 0.3) is 0 Å². The number of esters is 1. The highest BCUT2D eigenvalue weighted by Crippen LogP contribution is 2.40. The maximum absolute atomic E-state index is 12.8. The number of rotatable bonds is 4. The van der Waals surface area contributed by atoms with Gasteiger partial charge in [0, 0.05) is 5.69 Å². The molecule has 0 aliphatic carbocycles. The zero-order valence-corrected chi connectivity index (χ0v) is 14.8. The van der Waals surface area contributed by atoms with E-state index >= 15 is 0 Å². The highest BCUT2D eigenvalue weighted by Gasteiger charge is 2.41. The van der Waals surface area contributed by atoms with Crippen LogP contribution >= 0.6 is 0 Å². The number of benzene rings is 2. The molecule has 0 radical (unpaired) electrons. The van der Waals surface area contributed by atoms with Gasteiger partial charge in [0.1, 0.15) is 25.1 Å². The van der Waals surface area contributed by atoms with Crippen LogP contribution in [0.15, 0.2) is 42.5 Å². The van der Waals surface area contributed by atoms with E-state index in [2.05, 4.69) is 5.32 Å². The predicted octanol–water partition coefficient (Wildman–Crippen LogP) is 2.71. The molecular weight excluding hydrogens is 350 g/mol. The van der Waals surface area contributed by atoms with E-state index < -0.39 is 18.0 Å². The third kappa shape index (κ3) is 3.53. The third-order valence-electron chi connectivity index (χ3n) is 4.60. The monoisotopic (exact) mass is 369 g/mol. The molecule has 0 bridgehead atoms. The summed E-state index contributed by atoms with van der Waals surface area (Å²) < 4.78 is 21.6. The molecule has 0 saturated carbocycles. The lowest BCUT2D eigenvalue weighted by atomic mass is 9.94. The van der Waals surface area contributed by atoms with Gasteiger partial charge in [0.2, 0.25) is 5.91 Å². The largest absolute Gasteiger partial charge is 0.497 e. The topological polar surface area (TPSA) is 83.1 Å². The lowest BCUT2D eigenvalue weighted by molar-refractivity contribution is -0.141. The van der Waals surface area contributed by atoms with Gasteiger partial charge in [-0.1, -0.05) is 6.07 Å². The minimum atomic E-state index is -0.661. The molecule has 4 rings (SSSR count). The second-order valence-corrected chi connectivity index (χ2v) is 6.34. The molecule has 1 saturated heterocycles. The molecule has 0 spiro atoms. The molecule has 2 unspecified atom stereocenters. The molecule has 2 aromatic rings. The fourth-order valence-corrected chi connectivity index (χ4v) is 3.24. The first-order chi connectivity index (χ1) is 13.1. The summed E-state index contributed by atoms with van der Waals surface area (Å²) in [5.41, 5.74) is 1.33. The molecule has 0 aromatic heterocycles. The second kappa shape index (κ2) is 7.19. The van der Waals surface area contributed by atoms with Crippen LogP contribution in [0, 0.1) is 5.92 Å². The summed E-state index contributed by atoms with van der Waals surface area (Å²) in [6.45, 7) is 0.958. The SMILES string of the molecule is COc1ccc(NC(=O)C2CC(=O)OC2c2ccc3c(c2)OCCO3)cc1. The predicted molar refractivity (Wildman–Crippen MR) is 96.0 cm³/mol. The molecule has 2 aliphatic rings. The van der Waals surface area contributed by atoms with Crippen LogP contribution < -0.4 is 19.5 Å². The Morgan fingerprint density at radius 2 is 1.81 bits per heavy atom.